The predicted molar refractivity (Wildman–Crippen MR) is 45.4 cm³/mol. The van der Waals surface area contributed by atoms with Gasteiger partial charge in [0.2, 0.25) is 0 Å². The summed E-state index contributed by atoms with van der Waals surface area (Å²) in [6, 6.07) is 0. The lowest BCUT2D eigenvalue weighted by molar-refractivity contribution is -0.130. The van der Waals surface area contributed by atoms with Crippen molar-refractivity contribution in [3.8, 4) is 12.3 Å². The highest BCUT2D eigenvalue weighted by Crippen LogP contribution is 2.27. The van der Waals surface area contributed by atoms with Crippen molar-refractivity contribution < 1.29 is 9.59 Å². The average Bonchev–Trinajstić information content (AvgIpc) is 2.09. The van der Waals surface area contributed by atoms with Gasteiger partial charge in [0, 0.05) is 24.7 Å². The van der Waals surface area contributed by atoms with Crippen LogP contribution in [0.15, 0.2) is 0 Å². The standard InChI is InChI=1S/C10H12O2/c1-2-4-9-8(7-11)5-3-6-10(9)12/h1,7-9H,3-6H2/t8-,9-/m0/s1. The lowest BCUT2D eigenvalue weighted by Crippen LogP contribution is -2.28. The van der Waals surface area contributed by atoms with Crippen LogP contribution in [0, 0.1) is 24.2 Å². The minimum atomic E-state index is -0.193. The van der Waals surface area contributed by atoms with Crippen molar-refractivity contribution in [1.29, 1.82) is 0 Å². The highest BCUT2D eigenvalue weighted by molar-refractivity contribution is 5.85. The molecule has 12 heavy (non-hydrogen) atoms. The lowest BCUT2D eigenvalue weighted by Gasteiger charge is -2.24. The number of Topliss-reactive ketones (excluding diaryl/α,β-unsaturated/α-hetero) is 1. The van der Waals surface area contributed by atoms with E-state index in [2.05, 4.69) is 5.92 Å². The summed E-state index contributed by atoms with van der Waals surface area (Å²) in [7, 11) is 0. The van der Waals surface area contributed by atoms with E-state index in [0.29, 0.717) is 12.8 Å². The van der Waals surface area contributed by atoms with Gasteiger partial charge in [0.05, 0.1) is 0 Å². The fourth-order valence-corrected chi connectivity index (χ4v) is 1.69. The number of aldehydes is 1. The van der Waals surface area contributed by atoms with Crippen molar-refractivity contribution >= 4 is 12.1 Å². The van der Waals surface area contributed by atoms with Crippen molar-refractivity contribution in [2.75, 3.05) is 0 Å². The quantitative estimate of drug-likeness (QED) is 0.454. The number of hydrogen-bond donors (Lipinski definition) is 0. The molecule has 1 aliphatic rings. The Hall–Kier alpha value is -1.10. The molecule has 0 saturated heterocycles. The highest BCUT2D eigenvalue weighted by atomic mass is 16.1. The molecule has 1 fully saturated rings. The molecule has 0 spiro atoms. The molecule has 64 valence electrons. The molecule has 0 amide bonds. The van der Waals surface area contributed by atoms with Crippen molar-refractivity contribution in [3.63, 3.8) is 0 Å². The zero-order valence-electron chi connectivity index (χ0n) is 6.95. The van der Waals surface area contributed by atoms with Crippen LogP contribution in [0.5, 0.6) is 0 Å². The minimum absolute atomic E-state index is 0.123. The Labute approximate surface area is 72.3 Å². The van der Waals surface area contributed by atoms with Crippen molar-refractivity contribution in [3.05, 3.63) is 0 Å². The number of ketones is 1. The molecule has 0 aromatic carbocycles. The lowest BCUT2D eigenvalue weighted by atomic mass is 9.77. The monoisotopic (exact) mass is 164 g/mol. The van der Waals surface area contributed by atoms with Gasteiger partial charge in [-0.15, -0.1) is 12.3 Å². The van der Waals surface area contributed by atoms with E-state index in [9.17, 15) is 9.59 Å². The van der Waals surface area contributed by atoms with Gasteiger partial charge in [-0.3, -0.25) is 4.79 Å². The summed E-state index contributed by atoms with van der Waals surface area (Å²) >= 11 is 0. The number of rotatable bonds is 2. The van der Waals surface area contributed by atoms with Crippen LogP contribution in [0.3, 0.4) is 0 Å². The Balaban J connectivity index is 2.66. The Morgan fingerprint density at radius 1 is 1.67 bits per heavy atom. The molecule has 0 radical (unpaired) electrons. The Bertz CT molecular complexity index is 224. The third-order valence-corrected chi connectivity index (χ3v) is 2.40. The number of hydrogen-bond acceptors (Lipinski definition) is 2. The summed E-state index contributed by atoms with van der Waals surface area (Å²) in [4.78, 5) is 21.9. The molecule has 1 saturated carbocycles. The van der Waals surface area contributed by atoms with Crippen LogP contribution in [-0.4, -0.2) is 12.1 Å². The largest absolute Gasteiger partial charge is 0.303 e. The maximum atomic E-state index is 11.3. The molecular weight excluding hydrogens is 152 g/mol. The molecule has 0 N–H and O–H groups in total. The van der Waals surface area contributed by atoms with Gasteiger partial charge in [-0.1, -0.05) is 0 Å². The Morgan fingerprint density at radius 3 is 3.00 bits per heavy atom. The topological polar surface area (TPSA) is 34.1 Å². The van der Waals surface area contributed by atoms with Crippen LogP contribution in [0.1, 0.15) is 25.7 Å². The van der Waals surface area contributed by atoms with Crippen molar-refractivity contribution in [2.45, 2.75) is 25.7 Å². The third kappa shape index (κ3) is 1.73. The molecule has 1 rings (SSSR count). The van der Waals surface area contributed by atoms with Gasteiger partial charge >= 0.3 is 0 Å². The summed E-state index contributed by atoms with van der Waals surface area (Å²) in [5, 5.41) is 0. The molecule has 1 aliphatic carbocycles. The molecule has 0 aromatic heterocycles. The Kier molecular flexibility index (Phi) is 3.04. The van der Waals surface area contributed by atoms with Crippen LogP contribution >= 0.6 is 0 Å². The first kappa shape index (κ1) is 8.99. The summed E-state index contributed by atoms with van der Waals surface area (Å²) in [6.07, 6.45) is 8.66. The van der Waals surface area contributed by atoms with Crippen LogP contribution in [0.4, 0.5) is 0 Å². The van der Waals surface area contributed by atoms with Crippen molar-refractivity contribution in [1.82, 2.24) is 0 Å². The Morgan fingerprint density at radius 2 is 2.42 bits per heavy atom. The van der Waals surface area contributed by atoms with E-state index in [0.717, 1.165) is 19.1 Å². The summed E-state index contributed by atoms with van der Waals surface area (Å²) < 4.78 is 0. The van der Waals surface area contributed by atoms with Crippen LogP contribution in [0.25, 0.3) is 0 Å². The first-order valence-electron chi connectivity index (χ1n) is 4.21. The first-order chi connectivity index (χ1) is 5.79. The molecule has 2 nitrogen and oxygen atoms in total. The maximum absolute atomic E-state index is 11.3. The van der Waals surface area contributed by atoms with E-state index in [1.807, 2.05) is 0 Å². The van der Waals surface area contributed by atoms with Gasteiger partial charge in [0.15, 0.2) is 0 Å². The van der Waals surface area contributed by atoms with Crippen molar-refractivity contribution in [2.24, 2.45) is 11.8 Å². The fraction of sp³-hybridized carbons (Fsp3) is 0.600. The average molecular weight is 164 g/mol. The van der Waals surface area contributed by atoms with Gasteiger partial charge in [0.25, 0.3) is 0 Å². The zero-order valence-corrected chi connectivity index (χ0v) is 6.95. The van der Waals surface area contributed by atoms with Crippen LogP contribution < -0.4 is 0 Å². The molecule has 2 heteroatoms. The predicted octanol–water partition coefficient (Wildman–Crippen LogP) is 1.19. The van der Waals surface area contributed by atoms with Gasteiger partial charge in [-0.05, 0) is 12.8 Å². The summed E-state index contributed by atoms with van der Waals surface area (Å²) in [5.74, 6) is 2.30. The van der Waals surface area contributed by atoms with Gasteiger partial charge < -0.3 is 4.79 Å². The van der Waals surface area contributed by atoms with Gasteiger partial charge in [0.1, 0.15) is 12.1 Å². The second kappa shape index (κ2) is 4.06. The van der Waals surface area contributed by atoms with E-state index in [1.54, 1.807) is 0 Å². The second-order valence-corrected chi connectivity index (χ2v) is 3.17. The molecular formula is C10H12O2. The zero-order chi connectivity index (χ0) is 8.97. The third-order valence-electron chi connectivity index (χ3n) is 2.40. The van der Waals surface area contributed by atoms with E-state index < -0.39 is 0 Å². The smallest absolute Gasteiger partial charge is 0.137 e. The second-order valence-electron chi connectivity index (χ2n) is 3.17. The van der Waals surface area contributed by atoms with E-state index in [4.69, 9.17) is 6.42 Å². The maximum Gasteiger partial charge on any atom is 0.137 e. The summed E-state index contributed by atoms with van der Waals surface area (Å²) in [6.45, 7) is 0. The van der Waals surface area contributed by atoms with Gasteiger partial charge in [-0.25, -0.2) is 0 Å². The molecule has 0 heterocycles. The van der Waals surface area contributed by atoms with Crippen LogP contribution in [-0.2, 0) is 9.59 Å². The molecule has 0 aliphatic heterocycles. The SMILES string of the molecule is C#CC[C@@H]1C(=O)CCC[C@H]1C=O. The summed E-state index contributed by atoms with van der Waals surface area (Å²) in [5.41, 5.74) is 0. The van der Waals surface area contributed by atoms with Gasteiger partial charge in [-0.2, -0.15) is 0 Å². The van der Waals surface area contributed by atoms with Crippen LogP contribution in [0.2, 0.25) is 0 Å². The first-order valence-corrected chi connectivity index (χ1v) is 4.21. The molecule has 0 unspecified atom stereocenters. The van der Waals surface area contributed by atoms with E-state index >= 15 is 0 Å². The highest BCUT2D eigenvalue weighted by Gasteiger charge is 2.30. The minimum Gasteiger partial charge on any atom is -0.303 e. The number of terminal acetylenes is 1. The molecule has 0 aromatic rings. The normalized spacial score (nSPS) is 29.4. The number of carbonyl (C=O) groups is 2. The van der Waals surface area contributed by atoms with E-state index in [-0.39, 0.29) is 17.6 Å². The fourth-order valence-electron chi connectivity index (χ4n) is 1.69. The number of carbonyl (C=O) groups excluding carboxylic acids is 2. The molecule has 2 atom stereocenters. The van der Waals surface area contributed by atoms with E-state index in [1.165, 1.54) is 0 Å². The molecule has 0 bridgehead atoms.